The zero-order valence-electron chi connectivity index (χ0n) is 11.0. The number of methoxy groups -OCH3 is 1. The monoisotopic (exact) mass is 251 g/mol. The molecule has 6 heteroatoms. The molecule has 1 aromatic rings. The Bertz CT molecular complexity index is 458. The minimum atomic E-state index is -0.420. The molecule has 0 aliphatic rings. The van der Waals surface area contributed by atoms with Crippen molar-refractivity contribution in [1.82, 2.24) is 9.88 Å². The van der Waals surface area contributed by atoms with Gasteiger partial charge in [0.05, 0.1) is 24.9 Å². The largest absolute Gasteiger partial charge is 0.465 e. The number of likely N-dealkylation sites (N-methyl/N-ethyl adjacent to an activating group) is 1. The van der Waals surface area contributed by atoms with Gasteiger partial charge in [-0.1, -0.05) is 0 Å². The number of hydrogen-bond donors (Lipinski definition) is 1. The van der Waals surface area contributed by atoms with Crippen LogP contribution in [0.15, 0.2) is 12.1 Å². The number of aromatic nitrogens is 1. The fourth-order valence-electron chi connectivity index (χ4n) is 1.31. The Morgan fingerprint density at radius 1 is 1.39 bits per heavy atom. The molecule has 98 valence electrons. The standard InChI is InChI=1S/C12H17N3O3/c1-8-9(12(17)18-4)5-6-10(14-8)13-7-11(16)15(2)3/h5-6H,7H2,1-4H3,(H,13,14). The number of rotatable bonds is 4. The van der Waals surface area contributed by atoms with E-state index in [0.29, 0.717) is 17.1 Å². The smallest absolute Gasteiger partial charge is 0.339 e. The molecule has 1 N–H and O–H groups in total. The molecule has 1 amide bonds. The van der Waals surface area contributed by atoms with Crippen molar-refractivity contribution in [1.29, 1.82) is 0 Å². The summed E-state index contributed by atoms with van der Waals surface area (Å²) in [5.74, 6) is 0.0813. The molecule has 0 aromatic carbocycles. The van der Waals surface area contributed by atoms with Gasteiger partial charge < -0.3 is 15.0 Å². The average molecular weight is 251 g/mol. The van der Waals surface area contributed by atoms with Crippen LogP contribution in [0.2, 0.25) is 0 Å². The summed E-state index contributed by atoms with van der Waals surface area (Å²) >= 11 is 0. The first-order valence-electron chi connectivity index (χ1n) is 5.45. The van der Waals surface area contributed by atoms with Gasteiger partial charge in [0, 0.05) is 14.1 Å². The maximum Gasteiger partial charge on any atom is 0.339 e. The summed E-state index contributed by atoms with van der Waals surface area (Å²) in [6, 6.07) is 3.26. The second kappa shape index (κ2) is 6.00. The first-order valence-corrected chi connectivity index (χ1v) is 5.45. The molecule has 0 saturated heterocycles. The molecule has 6 nitrogen and oxygen atoms in total. The van der Waals surface area contributed by atoms with Gasteiger partial charge in [0.25, 0.3) is 0 Å². The number of hydrogen-bond acceptors (Lipinski definition) is 5. The Labute approximate surface area is 106 Å². The van der Waals surface area contributed by atoms with Crippen LogP contribution in [0.25, 0.3) is 0 Å². The van der Waals surface area contributed by atoms with Crippen molar-refractivity contribution < 1.29 is 14.3 Å². The maximum absolute atomic E-state index is 11.4. The van der Waals surface area contributed by atoms with Crippen LogP contribution in [0.3, 0.4) is 0 Å². The third-order valence-electron chi connectivity index (χ3n) is 2.41. The molecule has 0 aliphatic carbocycles. The molecule has 0 fully saturated rings. The molecule has 1 rings (SSSR count). The summed E-state index contributed by atoms with van der Waals surface area (Å²) in [4.78, 5) is 28.4. The average Bonchev–Trinajstić information content (AvgIpc) is 2.34. The Morgan fingerprint density at radius 2 is 2.06 bits per heavy atom. The Hall–Kier alpha value is -2.11. The molecule has 18 heavy (non-hydrogen) atoms. The highest BCUT2D eigenvalue weighted by atomic mass is 16.5. The van der Waals surface area contributed by atoms with Crippen molar-refractivity contribution in [2.75, 3.05) is 33.1 Å². The number of ether oxygens (including phenoxy) is 1. The third kappa shape index (κ3) is 3.44. The number of anilines is 1. The van der Waals surface area contributed by atoms with E-state index < -0.39 is 5.97 Å². The zero-order valence-corrected chi connectivity index (χ0v) is 11.0. The van der Waals surface area contributed by atoms with Gasteiger partial charge in [-0.15, -0.1) is 0 Å². The van der Waals surface area contributed by atoms with Crippen LogP contribution in [0.1, 0.15) is 16.1 Å². The van der Waals surface area contributed by atoms with Gasteiger partial charge in [-0.3, -0.25) is 4.79 Å². The van der Waals surface area contributed by atoms with E-state index in [-0.39, 0.29) is 12.5 Å². The van der Waals surface area contributed by atoms with Crippen LogP contribution in [0, 0.1) is 6.92 Å². The Balaban J connectivity index is 2.73. The predicted molar refractivity (Wildman–Crippen MR) is 67.5 cm³/mol. The molecular weight excluding hydrogens is 234 g/mol. The summed E-state index contributed by atoms with van der Waals surface area (Å²) in [7, 11) is 4.69. The van der Waals surface area contributed by atoms with Crippen LogP contribution in [-0.2, 0) is 9.53 Å². The Kier molecular flexibility index (Phi) is 4.65. The molecule has 0 radical (unpaired) electrons. The number of nitrogens with zero attached hydrogens (tertiary/aromatic N) is 2. The number of esters is 1. The van der Waals surface area contributed by atoms with Crippen LogP contribution in [0.5, 0.6) is 0 Å². The van der Waals surface area contributed by atoms with Gasteiger partial charge >= 0.3 is 5.97 Å². The van der Waals surface area contributed by atoms with Crippen molar-refractivity contribution in [3.63, 3.8) is 0 Å². The van der Waals surface area contributed by atoms with E-state index in [9.17, 15) is 9.59 Å². The van der Waals surface area contributed by atoms with E-state index in [1.165, 1.54) is 12.0 Å². The topological polar surface area (TPSA) is 71.5 Å². The lowest BCUT2D eigenvalue weighted by Gasteiger charge is -2.12. The number of amides is 1. The fourth-order valence-corrected chi connectivity index (χ4v) is 1.31. The maximum atomic E-state index is 11.4. The number of nitrogens with one attached hydrogen (secondary N) is 1. The van der Waals surface area contributed by atoms with Gasteiger partial charge in [-0.05, 0) is 19.1 Å². The van der Waals surface area contributed by atoms with Crippen LogP contribution >= 0.6 is 0 Å². The quantitative estimate of drug-likeness (QED) is 0.797. The van der Waals surface area contributed by atoms with Gasteiger partial charge in [0.2, 0.25) is 5.91 Å². The lowest BCUT2D eigenvalue weighted by Crippen LogP contribution is -2.28. The third-order valence-corrected chi connectivity index (χ3v) is 2.41. The highest BCUT2D eigenvalue weighted by Gasteiger charge is 2.11. The van der Waals surface area contributed by atoms with E-state index in [1.54, 1.807) is 33.2 Å². The lowest BCUT2D eigenvalue weighted by molar-refractivity contribution is -0.126. The molecule has 0 saturated carbocycles. The first kappa shape index (κ1) is 14.0. The minimum absolute atomic E-state index is 0.0495. The molecular formula is C12H17N3O3. The number of aryl methyl sites for hydroxylation is 1. The van der Waals surface area contributed by atoms with Crippen molar-refractivity contribution >= 4 is 17.7 Å². The van der Waals surface area contributed by atoms with Crippen LogP contribution in [-0.4, -0.2) is 49.5 Å². The summed E-state index contributed by atoms with van der Waals surface area (Å²) in [5, 5.41) is 2.90. The second-order valence-electron chi connectivity index (χ2n) is 3.96. The van der Waals surface area contributed by atoms with Gasteiger partial charge in [0.1, 0.15) is 5.82 Å². The SMILES string of the molecule is COC(=O)c1ccc(NCC(=O)N(C)C)nc1C. The molecule has 0 unspecified atom stereocenters. The summed E-state index contributed by atoms with van der Waals surface area (Å²) in [6.45, 7) is 1.88. The van der Waals surface area contributed by atoms with E-state index in [4.69, 9.17) is 0 Å². The molecule has 0 aliphatic heterocycles. The molecule has 0 spiro atoms. The number of carbonyl (C=O) groups excluding carboxylic acids is 2. The summed E-state index contributed by atoms with van der Waals surface area (Å²) in [6.07, 6.45) is 0. The van der Waals surface area contributed by atoms with Crippen molar-refractivity contribution in [2.45, 2.75) is 6.92 Å². The second-order valence-corrected chi connectivity index (χ2v) is 3.96. The van der Waals surface area contributed by atoms with Crippen molar-refractivity contribution in [3.05, 3.63) is 23.4 Å². The van der Waals surface area contributed by atoms with Crippen LogP contribution in [0.4, 0.5) is 5.82 Å². The van der Waals surface area contributed by atoms with Crippen LogP contribution < -0.4 is 5.32 Å². The lowest BCUT2D eigenvalue weighted by atomic mass is 10.2. The van der Waals surface area contributed by atoms with Gasteiger partial charge in [0.15, 0.2) is 0 Å². The highest BCUT2D eigenvalue weighted by molar-refractivity contribution is 5.90. The molecule has 1 heterocycles. The molecule has 0 bridgehead atoms. The first-order chi connectivity index (χ1) is 8.45. The summed E-state index contributed by atoms with van der Waals surface area (Å²) < 4.78 is 4.63. The van der Waals surface area contributed by atoms with Crippen molar-refractivity contribution in [3.8, 4) is 0 Å². The normalized spacial score (nSPS) is 9.78. The van der Waals surface area contributed by atoms with E-state index in [0.717, 1.165) is 0 Å². The fraction of sp³-hybridized carbons (Fsp3) is 0.417. The van der Waals surface area contributed by atoms with E-state index in [1.807, 2.05) is 0 Å². The minimum Gasteiger partial charge on any atom is -0.465 e. The van der Waals surface area contributed by atoms with Gasteiger partial charge in [-0.2, -0.15) is 0 Å². The van der Waals surface area contributed by atoms with E-state index in [2.05, 4.69) is 15.0 Å². The zero-order chi connectivity index (χ0) is 13.7. The van der Waals surface area contributed by atoms with E-state index >= 15 is 0 Å². The predicted octanol–water partition coefficient (Wildman–Crippen LogP) is 0.677. The van der Waals surface area contributed by atoms with Crippen molar-refractivity contribution in [2.24, 2.45) is 0 Å². The summed E-state index contributed by atoms with van der Waals surface area (Å²) in [5.41, 5.74) is 0.978. The number of carbonyl (C=O) groups is 2. The highest BCUT2D eigenvalue weighted by Crippen LogP contribution is 2.11. The number of pyridine rings is 1. The molecule has 1 aromatic heterocycles. The van der Waals surface area contributed by atoms with Gasteiger partial charge in [-0.25, -0.2) is 9.78 Å². The Morgan fingerprint density at radius 3 is 2.56 bits per heavy atom. The molecule has 0 atom stereocenters.